The molecule has 0 aromatic heterocycles. The predicted octanol–water partition coefficient (Wildman–Crippen LogP) is 2.65. The molecule has 3 aliphatic carbocycles. The number of hydrogen-bond donors (Lipinski definition) is 2. The zero-order chi connectivity index (χ0) is 17.1. The van der Waals surface area contributed by atoms with Gasteiger partial charge in [-0.05, 0) is 63.2 Å². The van der Waals surface area contributed by atoms with Gasteiger partial charge in [0.05, 0.1) is 6.54 Å². The molecule has 2 N–H and O–H groups in total. The van der Waals surface area contributed by atoms with E-state index in [0.29, 0.717) is 12.0 Å². The Morgan fingerprint density at radius 1 is 1.04 bits per heavy atom. The highest BCUT2D eigenvalue weighted by Crippen LogP contribution is 2.35. The van der Waals surface area contributed by atoms with Crippen LogP contribution in [0.2, 0.25) is 0 Å². The molecule has 3 saturated carbocycles. The maximum atomic E-state index is 12.4. The number of carbonyl (C=O) groups excluding carboxylic acids is 1. The third kappa shape index (κ3) is 4.71. The van der Waals surface area contributed by atoms with Crippen molar-refractivity contribution in [3.05, 3.63) is 0 Å². The number of nitrogens with one attached hydrogen (secondary N) is 1. The molecule has 24 heavy (non-hydrogen) atoms. The molecule has 3 rings (SSSR count). The molecule has 3 aliphatic rings. The lowest BCUT2D eigenvalue weighted by molar-refractivity contribution is -0.140. The molecular weight excluding hydrogens is 304 g/mol. The number of rotatable bonds is 8. The van der Waals surface area contributed by atoms with Crippen molar-refractivity contribution < 1.29 is 14.7 Å². The van der Waals surface area contributed by atoms with Crippen molar-refractivity contribution in [3.63, 3.8) is 0 Å². The molecule has 136 valence electrons. The molecule has 0 bridgehead atoms. The van der Waals surface area contributed by atoms with Crippen molar-refractivity contribution in [3.8, 4) is 0 Å². The molecule has 0 aromatic carbocycles. The van der Waals surface area contributed by atoms with Crippen LogP contribution in [0.3, 0.4) is 0 Å². The predicted molar refractivity (Wildman–Crippen MR) is 92.6 cm³/mol. The Balaban J connectivity index is 1.39. The summed E-state index contributed by atoms with van der Waals surface area (Å²) in [5.74, 6) is 1.21. The maximum absolute atomic E-state index is 12.4. The second kappa shape index (κ2) is 7.85. The quantitative estimate of drug-likeness (QED) is 0.715. The number of hydrogen-bond acceptors (Lipinski definition) is 3. The molecule has 0 saturated heterocycles. The Kier molecular flexibility index (Phi) is 5.80. The molecule has 0 aliphatic heterocycles. The van der Waals surface area contributed by atoms with Crippen LogP contribution in [0.1, 0.15) is 64.7 Å². The normalized spacial score (nSPS) is 33.1. The summed E-state index contributed by atoms with van der Waals surface area (Å²) in [7, 11) is 0. The van der Waals surface area contributed by atoms with Crippen LogP contribution in [0.25, 0.3) is 0 Å². The molecule has 0 radical (unpaired) electrons. The first-order valence-electron chi connectivity index (χ1n) is 9.81. The van der Waals surface area contributed by atoms with Gasteiger partial charge in [0, 0.05) is 24.5 Å². The first kappa shape index (κ1) is 17.7. The number of nitrogens with zero attached hydrogens (tertiary/aromatic N) is 1. The summed E-state index contributed by atoms with van der Waals surface area (Å²) in [4.78, 5) is 25.6. The molecule has 3 fully saturated rings. The van der Waals surface area contributed by atoms with Gasteiger partial charge in [0.1, 0.15) is 0 Å². The van der Waals surface area contributed by atoms with E-state index in [9.17, 15) is 9.59 Å². The minimum absolute atomic E-state index is 0.142. The average molecular weight is 336 g/mol. The SMILES string of the molecule is CCC1CCC(C(=O)NC2CC(N(CC(=O)O)CC3CC3)C2)CC1. The number of carboxylic acids is 1. The third-order valence-corrected chi connectivity index (χ3v) is 6.30. The Morgan fingerprint density at radius 2 is 1.67 bits per heavy atom. The highest BCUT2D eigenvalue weighted by molar-refractivity contribution is 5.79. The molecular formula is C19H32N2O3. The van der Waals surface area contributed by atoms with E-state index in [-0.39, 0.29) is 24.4 Å². The number of carboxylic acid groups (broad SMARTS) is 1. The van der Waals surface area contributed by atoms with Gasteiger partial charge < -0.3 is 10.4 Å². The molecule has 0 aromatic rings. The zero-order valence-electron chi connectivity index (χ0n) is 14.9. The zero-order valence-corrected chi connectivity index (χ0v) is 14.9. The highest BCUT2D eigenvalue weighted by atomic mass is 16.4. The van der Waals surface area contributed by atoms with Gasteiger partial charge >= 0.3 is 5.97 Å². The lowest BCUT2D eigenvalue weighted by Gasteiger charge is -2.43. The van der Waals surface area contributed by atoms with Crippen LogP contribution in [0, 0.1) is 17.8 Å². The van der Waals surface area contributed by atoms with Gasteiger partial charge in [-0.15, -0.1) is 0 Å². The van der Waals surface area contributed by atoms with E-state index < -0.39 is 5.97 Å². The highest BCUT2D eigenvalue weighted by Gasteiger charge is 2.38. The van der Waals surface area contributed by atoms with Crippen LogP contribution in [0.15, 0.2) is 0 Å². The van der Waals surface area contributed by atoms with E-state index in [1.54, 1.807) is 0 Å². The minimum atomic E-state index is -0.740. The van der Waals surface area contributed by atoms with E-state index in [2.05, 4.69) is 17.1 Å². The average Bonchev–Trinajstić information content (AvgIpc) is 3.33. The molecule has 0 unspecified atom stereocenters. The monoisotopic (exact) mass is 336 g/mol. The lowest BCUT2D eigenvalue weighted by atomic mass is 9.79. The molecule has 5 heteroatoms. The molecule has 5 nitrogen and oxygen atoms in total. The van der Waals surface area contributed by atoms with Gasteiger partial charge in [0.25, 0.3) is 0 Å². The second-order valence-corrected chi connectivity index (χ2v) is 8.22. The van der Waals surface area contributed by atoms with Crippen LogP contribution < -0.4 is 5.32 Å². The van der Waals surface area contributed by atoms with Crippen LogP contribution in [0.4, 0.5) is 0 Å². The Labute approximate surface area is 145 Å². The van der Waals surface area contributed by atoms with Crippen molar-refractivity contribution >= 4 is 11.9 Å². The van der Waals surface area contributed by atoms with Gasteiger partial charge in [-0.1, -0.05) is 13.3 Å². The summed E-state index contributed by atoms with van der Waals surface area (Å²) < 4.78 is 0. The summed E-state index contributed by atoms with van der Waals surface area (Å²) in [5.41, 5.74) is 0. The van der Waals surface area contributed by atoms with Crippen LogP contribution in [0.5, 0.6) is 0 Å². The van der Waals surface area contributed by atoms with Gasteiger partial charge in [-0.2, -0.15) is 0 Å². The fourth-order valence-electron chi connectivity index (χ4n) is 4.30. The fraction of sp³-hybridized carbons (Fsp3) is 0.895. The number of aliphatic carboxylic acids is 1. The maximum Gasteiger partial charge on any atom is 0.317 e. The minimum Gasteiger partial charge on any atom is -0.480 e. The van der Waals surface area contributed by atoms with Crippen LogP contribution in [-0.4, -0.2) is 47.1 Å². The Hall–Kier alpha value is -1.10. The second-order valence-electron chi connectivity index (χ2n) is 8.22. The van der Waals surface area contributed by atoms with Crippen LogP contribution >= 0.6 is 0 Å². The fourth-order valence-corrected chi connectivity index (χ4v) is 4.30. The van der Waals surface area contributed by atoms with E-state index in [1.807, 2.05) is 0 Å². The van der Waals surface area contributed by atoms with Crippen molar-refractivity contribution in [2.24, 2.45) is 17.8 Å². The third-order valence-electron chi connectivity index (χ3n) is 6.30. The Morgan fingerprint density at radius 3 is 2.21 bits per heavy atom. The molecule has 0 heterocycles. The van der Waals surface area contributed by atoms with Gasteiger partial charge in [0.15, 0.2) is 0 Å². The van der Waals surface area contributed by atoms with Gasteiger partial charge in [-0.3, -0.25) is 14.5 Å². The Bertz CT molecular complexity index is 450. The summed E-state index contributed by atoms with van der Waals surface area (Å²) in [6.07, 6.45) is 9.99. The molecule has 0 spiro atoms. The standard InChI is InChI=1S/C19H32N2O3/c1-2-13-5-7-15(8-6-13)19(24)20-16-9-17(10-16)21(12-18(22)23)11-14-3-4-14/h13-17H,2-12H2,1H3,(H,20,24)(H,22,23). The number of carbonyl (C=O) groups is 2. The van der Waals surface area contributed by atoms with Crippen LogP contribution in [-0.2, 0) is 9.59 Å². The molecule has 1 amide bonds. The van der Waals surface area contributed by atoms with E-state index in [0.717, 1.165) is 38.1 Å². The van der Waals surface area contributed by atoms with Gasteiger partial charge in [-0.25, -0.2) is 0 Å². The molecule has 0 atom stereocenters. The largest absolute Gasteiger partial charge is 0.480 e. The van der Waals surface area contributed by atoms with E-state index in [1.165, 1.54) is 32.1 Å². The van der Waals surface area contributed by atoms with E-state index >= 15 is 0 Å². The first-order chi connectivity index (χ1) is 11.5. The summed E-state index contributed by atoms with van der Waals surface area (Å²) in [5, 5.41) is 12.3. The van der Waals surface area contributed by atoms with Crippen molar-refractivity contribution in [2.45, 2.75) is 76.8 Å². The first-order valence-corrected chi connectivity index (χ1v) is 9.81. The van der Waals surface area contributed by atoms with Gasteiger partial charge in [0.2, 0.25) is 5.91 Å². The summed E-state index contributed by atoms with van der Waals surface area (Å²) in [6.45, 7) is 3.30. The smallest absolute Gasteiger partial charge is 0.317 e. The summed E-state index contributed by atoms with van der Waals surface area (Å²) >= 11 is 0. The van der Waals surface area contributed by atoms with E-state index in [4.69, 9.17) is 5.11 Å². The van der Waals surface area contributed by atoms with Crippen molar-refractivity contribution in [1.82, 2.24) is 10.2 Å². The number of amides is 1. The van der Waals surface area contributed by atoms with Crippen molar-refractivity contribution in [2.75, 3.05) is 13.1 Å². The van der Waals surface area contributed by atoms with Crippen molar-refractivity contribution in [1.29, 1.82) is 0 Å². The lowest BCUT2D eigenvalue weighted by Crippen LogP contribution is -2.56. The topological polar surface area (TPSA) is 69.6 Å². The summed E-state index contributed by atoms with van der Waals surface area (Å²) in [6, 6.07) is 0.588.